The number of anilines is 1. The van der Waals surface area contributed by atoms with E-state index in [4.69, 9.17) is 9.47 Å². The van der Waals surface area contributed by atoms with E-state index in [2.05, 4.69) is 21.9 Å². The van der Waals surface area contributed by atoms with Crippen LogP contribution in [0.5, 0.6) is 5.75 Å². The number of hydrogen-bond donors (Lipinski definition) is 1. The van der Waals surface area contributed by atoms with Gasteiger partial charge in [0.15, 0.2) is 6.23 Å². The lowest BCUT2D eigenvalue weighted by molar-refractivity contribution is -0.137. The summed E-state index contributed by atoms with van der Waals surface area (Å²) >= 11 is 0. The van der Waals surface area contributed by atoms with Crippen LogP contribution < -0.4 is 9.64 Å². The van der Waals surface area contributed by atoms with E-state index in [0.717, 1.165) is 31.7 Å². The van der Waals surface area contributed by atoms with Crippen molar-refractivity contribution in [1.29, 1.82) is 0 Å². The van der Waals surface area contributed by atoms with Crippen molar-refractivity contribution in [3.63, 3.8) is 0 Å². The van der Waals surface area contributed by atoms with Crippen LogP contribution in [0.1, 0.15) is 19.4 Å². The average molecular weight is 411 g/mol. The van der Waals surface area contributed by atoms with Crippen LogP contribution in [0.4, 0.5) is 5.69 Å². The summed E-state index contributed by atoms with van der Waals surface area (Å²) < 4.78 is 11.2. The van der Waals surface area contributed by atoms with Crippen molar-refractivity contribution >= 4 is 17.7 Å². The fourth-order valence-corrected chi connectivity index (χ4v) is 3.56. The Kier molecular flexibility index (Phi) is 7.88. The minimum absolute atomic E-state index is 0.334. The Hall–Kier alpha value is -2.83. The normalized spacial score (nSPS) is 17.0. The first-order valence-corrected chi connectivity index (χ1v) is 10.4. The van der Waals surface area contributed by atoms with E-state index in [1.807, 2.05) is 42.5 Å². The van der Waals surface area contributed by atoms with E-state index in [-0.39, 0.29) is 0 Å². The number of aliphatic hydroxyl groups excluding tert-OH is 1. The zero-order chi connectivity index (χ0) is 21.3. The van der Waals surface area contributed by atoms with Gasteiger partial charge in [-0.3, -0.25) is 4.90 Å². The van der Waals surface area contributed by atoms with Crippen molar-refractivity contribution in [2.75, 3.05) is 37.7 Å². The fourth-order valence-electron chi connectivity index (χ4n) is 3.56. The zero-order valence-electron chi connectivity index (χ0n) is 17.6. The van der Waals surface area contributed by atoms with Gasteiger partial charge in [-0.15, -0.1) is 0 Å². The lowest BCUT2D eigenvalue weighted by atomic mass is 10.1. The van der Waals surface area contributed by atoms with E-state index in [0.29, 0.717) is 12.4 Å². The van der Waals surface area contributed by atoms with Gasteiger partial charge in [-0.2, -0.15) is 0 Å². The molecule has 0 radical (unpaired) electrons. The van der Waals surface area contributed by atoms with Crippen molar-refractivity contribution in [3.05, 3.63) is 66.2 Å². The minimum atomic E-state index is -0.671. The molecular weight excluding hydrogens is 380 g/mol. The van der Waals surface area contributed by atoms with Gasteiger partial charge in [0.25, 0.3) is 0 Å². The number of ether oxygens (including phenoxy) is 2. The second-order valence-corrected chi connectivity index (χ2v) is 7.23. The average Bonchev–Trinajstić information content (AvgIpc) is 2.77. The second kappa shape index (κ2) is 10.8. The summed E-state index contributed by atoms with van der Waals surface area (Å²) in [6, 6.07) is 17.8. The van der Waals surface area contributed by atoms with Crippen LogP contribution in [0.2, 0.25) is 0 Å². The molecule has 0 aliphatic carbocycles. The highest BCUT2D eigenvalue weighted by Gasteiger charge is 2.29. The van der Waals surface area contributed by atoms with Gasteiger partial charge in [0.05, 0.1) is 6.61 Å². The van der Waals surface area contributed by atoms with E-state index < -0.39 is 18.3 Å². The van der Waals surface area contributed by atoms with Gasteiger partial charge in [0.1, 0.15) is 11.9 Å². The molecule has 1 N–H and O–H groups in total. The summed E-state index contributed by atoms with van der Waals surface area (Å²) in [6.45, 7) is 7.14. The largest absolute Gasteiger partial charge is 0.472 e. The molecule has 1 heterocycles. The van der Waals surface area contributed by atoms with Crippen LogP contribution in [-0.4, -0.2) is 61.1 Å². The fraction of sp³-hybridized carbons (Fsp3) is 0.375. The molecule has 2 aromatic carbocycles. The molecule has 1 aliphatic rings. The number of rotatable bonds is 8. The quantitative estimate of drug-likeness (QED) is 0.533. The molecule has 1 saturated heterocycles. The molecule has 0 saturated carbocycles. The highest BCUT2D eigenvalue weighted by molar-refractivity contribution is 5.87. The van der Waals surface area contributed by atoms with Gasteiger partial charge in [-0.25, -0.2) is 4.79 Å². The Morgan fingerprint density at radius 3 is 2.40 bits per heavy atom. The van der Waals surface area contributed by atoms with E-state index in [1.165, 1.54) is 11.8 Å². The first-order valence-electron chi connectivity index (χ1n) is 10.4. The lowest BCUT2D eigenvalue weighted by Crippen LogP contribution is -2.55. The van der Waals surface area contributed by atoms with E-state index >= 15 is 0 Å². The summed E-state index contributed by atoms with van der Waals surface area (Å²) in [4.78, 5) is 16.2. The summed E-state index contributed by atoms with van der Waals surface area (Å²) in [5.41, 5.74) is 1.97. The third-order valence-electron chi connectivity index (χ3n) is 5.06. The zero-order valence-corrected chi connectivity index (χ0v) is 17.6. The molecule has 3 rings (SSSR count). The van der Waals surface area contributed by atoms with Crippen LogP contribution in [0.3, 0.4) is 0 Å². The number of aliphatic hydroxyl groups is 1. The molecule has 0 bridgehead atoms. The van der Waals surface area contributed by atoms with Gasteiger partial charge in [0, 0.05) is 43.5 Å². The number of carbonyl (C=O) groups excluding carboxylic acids is 1. The standard InChI is InChI=1S/C24H30N2O4/c1-3-29-23(28)14-13-20-9-7-8-12-22(20)30-24(19(2)27)26-17-15-25(16-18-26)21-10-5-4-6-11-21/h4-14,19,24,27H,3,15-18H2,1-2H3. The number of esters is 1. The maximum absolute atomic E-state index is 11.7. The Balaban J connectivity index is 1.68. The lowest BCUT2D eigenvalue weighted by Gasteiger charge is -2.41. The third kappa shape index (κ3) is 5.84. The van der Waals surface area contributed by atoms with Crippen LogP contribution in [0.15, 0.2) is 60.7 Å². The van der Waals surface area contributed by atoms with E-state index in [1.54, 1.807) is 19.9 Å². The maximum atomic E-state index is 11.7. The summed E-state index contributed by atoms with van der Waals surface area (Å²) in [7, 11) is 0. The van der Waals surface area contributed by atoms with Gasteiger partial charge in [-0.05, 0) is 38.1 Å². The van der Waals surface area contributed by atoms with Gasteiger partial charge < -0.3 is 19.5 Å². The first kappa shape index (κ1) is 21.9. The first-order chi connectivity index (χ1) is 14.6. The predicted octanol–water partition coefficient (Wildman–Crippen LogP) is 3.17. The Labute approximate surface area is 178 Å². The maximum Gasteiger partial charge on any atom is 0.330 e. The molecule has 30 heavy (non-hydrogen) atoms. The summed E-state index contributed by atoms with van der Waals surface area (Å²) in [6.07, 6.45) is 1.93. The molecule has 160 valence electrons. The van der Waals surface area contributed by atoms with Crippen molar-refractivity contribution in [1.82, 2.24) is 4.90 Å². The Morgan fingerprint density at radius 2 is 1.73 bits per heavy atom. The van der Waals surface area contributed by atoms with Gasteiger partial charge in [0.2, 0.25) is 0 Å². The molecule has 0 amide bonds. The highest BCUT2D eigenvalue weighted by atomic mass is 16.5. The van der Waals surface area contributed by atoms with Crippen molar-refractivity contribution in [2.45, 2.75) is 26.2 Å². The minimum Gasteiger partial charge on any atom is -0.472 e. The summed E-state index contributed by atoms with van der Waals surface area (Å²) in [5.74, 6) is 0.228. The number of piperazine rings is 1. The number of hydrogen-bond acceptors (Lipinski definition) is 6. The highest BCUT2D eigenvalue weighted by Crippen LogP contribution is 2.24. The Morgan fingerprint density at radius 1 is 1.07 bits per heavy atom. The topological polar surface area (TPSA) is 62.2 Å². The molecule has 6 heteroatoms. The smallest absolute Gasteiger partial charge is 0.330 e. The molecular formula is C24H30N2O4. The summed E-state index contributed by atoms with van der Waals surface area (Å²) in [5, 5.41) is 10.4. The molecule has 6 nitrogen and oxygen atoms in total. The SMILES string of the molecule is CCOC(=O)C=Cc1ccccc1OC(C(C)O)N1CCN(c2ccccc2)CC1. The number of para-hydroxylation sites is 2. The Bertz CT molecular complexity index is 830. The molecule has 2 atom stereocenters. The van der Waals surface area contributed by atoms with Crippen molar-refractivity contribution in [2.24, 2.45) is 0 Å². The molecule has 0 aromatic heterocycles. The van der Waals surface area contributed by atoms with Gasteiger partial charge in [-0.1, -0.05) is 36.4 Å². The molecule has 1 aliphatic heterocycles. The second-order valence-electron chi connectivity index (χ2n) is 7.23. The van der Waals surface area contributed by atoms with Crippen molar-refractivity contribution < 1.29 is 19.4 Å². The molecule has 2 unspecified atom stereocenters. The van der Waals surface area contributed by atoms with Crippen molar-refractivity contribution in [3.8, 4) is 5.75 Å². The van der Waals surface area contributed by atoms with E-state index in [9.17, 15) is 9.90 Å². The monoisotopic (exact) mass is 410 g/mol. The van der Waals surface area contributed by atoms with Crippen LogP contribution in [-0.2, 0) is 9.53 Å². The molecule has 1 fully saturated rings. The number of carbonyl (C=O) groups is 1. The van der Waals surface area contributed by atoms with Crippen LogP contribution in [0.25, 0.3) is 6.08 Å². The number of benzene rings is 2. The molecule has 0 spiro atoms. The van der Waals surface area contributed by atoms with Crippen LogP contribution >= 0.6 is 0 Å². The van der Waals surface area contributed by atoms with Crippen LogP contribution in [0, 0.1) is 0 Å². The van der Waals surface area contributed by atoms with Gasteiger partial charge >= 0.3 is 5.97 Å². The predicted molar refractivity (Wildman–Crippen MR) is 118 cm³/mol. The third-order valence-corrected chi connectivity index (χ3v) is 5.06. The molecule has 2 aromatic rings. The number of nitrogens with zero attached hydrogens (tertiary/aromatic N) is 2.